The van der Waals surface area contributed by atoms with Gasteiger partial charge in [0.1, 0.15) is 5.75 Å². The fourth-order valence-corrected chi connectivity index (χ4v) is 2.88. The van der Waals surface area contributed by atoms with Crippen LogP contribution in [0.5, 0.6) is 17.2 Å². The molecule has 31 heavy (non-hydrogen) atoms. The maximum Gasteiger partial charge on any atom is 0.244 e. The molecule has 0 aliphatic rings. The molecular formula is C24H27N3O4. The number of hydrogen-bond acceptors (Lipinski definition) is 5. The first-order valence-corrected chi connectivity index (χ1v) is 9.98. The molecule has 0 spiro atoms. The second-order valence-electron chi connectivity index (χ2n) is 7.08. The lowest BCUT2D eigenvalue weighted by molar-refractivity contribution is -0.116. The summed E-state index contributed by atoms with van der Waals surface area (Å²) in [4.78, 5) is 12.2. The fraction of sp³-hybridized carbons (Fsp3) is 0.250. The molecule has 0 atom stereocenters. The molecule has 0 aliphatic carbocycles. The standard InChI is InChI=1S/C24H27N3O4/c1-17(2)31-22-11-5-18(15-23(22)30-4)6-12-24(28)25-16-19-13-14-27(26-19)20-7-9-21(29-3)10-8-20/h5-15,17H,16H2,1-4H3,(H,25,28). The smallest absolute Gasteiger partial charge is 0.244 e. The van der Waals surface area contributed by atoms with Gasteiger partial charge in [-0.15, -0.1) is 0 Å². The average molecular weight is 421 g/mol. The molecule has 1 heterocycles. The Bertz CT molecular complexity index is 1040. The summed E-state index contributed by atoms with van der Waals surface area (Å²) in [6.45, 7) is 4.24. The van der Waals surface area contributed by atoms with Crippen LogP contribution in [0.3, 0.4) is 0 Å². The normalized spacial score (nSPS) is 11.0. The van der Waals surface area contributed by atoms with Crippen LogP contribution in [0.4, 0.5) is 0 Å². The van der Waals surface area contributed by atoms with Gasteiger partial charge in [0.05, 0.1) is 38.2 Å². The Kier molecular flexibility index (Phi) is 7.32. The van der Waals surface area contributed by atoms with Crippen molar-refractivity contribution in [1.29, 1.82) is 0 Å². The van der Waals surface area contributed by atoms with Gasteiger partial charge in [-0.1, -0.05) is 6.07 Å². The largest absolute Gasteiger partial charge is 0.497 e. The lowest BCUT2D eigenvalue weighted by atomic mass is 10.2. The van der Waals surface area contributed by atoms with Crippen LogP contribution >= 0.6 is 0 Å². The molecule has 0 unspecified atom stereocenters. The third kappa shape index (κ3) is 6.12. The van der Waals surface area contributed by atoms with E-state index < -0.39 is 0 Å². The highest BCUT2D eigenvalue weighted by Crippen LogP contribution is 2.29. The summed E-state index contributed by atoms with van der Waals surface area (Å²) in [5.74, 6) is 1.88. The summed E-state index contributed by atoms with van der Waals surface area (Å²) in [6, 6.07) is 15.0. The lowest BCUT2D eigenvalue weighted by Crippen LogP contribution is -2.20. The number of carbonyl (C=O) groups excluding carboxylic acids is 1. The van der Waals surface area contributed by atoms with Gasteiger partial charge >= 0.3 is 0 Å². The van der Waals surface area contributed by atoms with Gasteiger partial charge in [0, 0.05) is 12.3 Å². The first-order chi connectivity index (χ1) is 15.0. The van der Waals surface area contributed by atoms with Crippen molar-refractivity contribution >= 4 is 12.0 Å². The van der Waals surface area contributed by atoms with Crippen LogP contribution in [-0.4, -0.2) is 36.0 Å². The van der Waals surface area contributed by atoms with Crippen molar-refractivity contribution in [3.05, 3.63) is 72.1 Å². The third-order valence-corrected chi connectivity index (χ3v) is 4.40. The molecule has 162 valence electrons. The lowest BCUT2D eigenvalue weighted by Gasteiger charge is -2.13. The highest BCUT2D eigenvalue weighted by Gasteiger charge is 2.07. The number of carbonyl (C=O) groups is 1. The van der Waals surface area contributed by atoms with Crippen LogP contribution in [0.2, 0.25) is 0 Å². The number of hydrogen-bond donors (Lipinski definition) is 1. The summed E-state index contributed by atoms with van der Waals surface area (Å²) in [5.41, 5.74) is 2.51. The molecule has 1 aromatic heterocycles. The highest BCUT2D eigenvalue weighted by molar-refractivity contribution is 5.91. The van der Waals surface area contributed by atoms with Crippen molar-refractivity contribution in [2.45, 2.75) is 26.5 Å². The van der Waals surface area contributed by atoms with Crippen molar-refractivity contribution in [2.75, 3.05) is 14.2 Å². The van der Waals surface area contributed by atoms with E-state index in [2.05, 4.69) is 10.4 Å². The fourth-order valence-electron chi connectivity index (χ4n) is 2.88. The number of nitrogens with one attached hydrogen (secondary N) is 1. The van der Waals surface area contributed by atoms with Crippen molar-refractivity contribution in [2.24, 2.45) is 0 Å². The number of ether oxygens (including phenoxy) is 3. The van der Waals surface area contributed by atoms with E-state index in [9.17, 15) is 4.79 Å². The molecule has 0 aliphatic heterocycles. The van der Waals surface area contributed by atoms with E-state index >= 15 is 0 Å². The minimum atomic E-state index is -0.208. The quantitative estimate of drug-likeness (QED) is 0.529. The van der Waals surface area contributed by atoms with Crippen molar-refractivity contribution in [1.82, 2.24) is 15.1 Å². The second kappa shape index (κ2) is 10.3. The maximum absolute atomic E-state index is 12.2. The van der Waals surface area contributed by atoms with Gasteiger partial charge in [0.2, 0.25) is 5.91 Å². The zero-order valence-electron chi connectivity index (χ0n) is 18.2. The molecule has 0 radical (unpaired) electrons. The van der Waals surface area contributed by atoms with Gasteiger partial charge in [-0.05, 0) is 68.0 Å². The second-order valence-corrected chi connectivity index (χ2v) is 7.08. The molecule has 7 heteroatoms. The Morgan fingerprint density at radius 2 is 1.84 bits per heavy atom. The van der Waals surface area contributed by atoms with Crippen molar-refractivity contribution in [3.8, 4) is 22.9 Å². The van der Waals surface area contributed by atoms with Crippen LogP contribution in [0.1, 0.15) is 25.1 Å². The number of rotatable bonds is 9. The summed E-state index contributed by atoms with van der Waals surface area (Å²) in [7, 11) is 3.22. The number of nitrogens with zero attached hydrogens (tertiary/aromatic N) is 2. The molecule has 0 bridgehead atoms. The summed E-state index contributed by atoms with van der Waals surface area (Å²) in [5, 5.41) is 7.33. The summed E-state index contributed by atoms with van der Waals surface area (Å²) >= 11 is 0. The Labute approximate surface area is 182 Å². The maximum atomic E-state index is 12.2. The molecule has 3 rings (SSSR count). The van der Waals surface area contributed by atoms with E-state index in [1.807, 2.05) is 68.6 Å². The van der Waals surface area contributed by atoms with Gasteiger partial charge in [0.25, 0.3) is 0 Å². The predicted molar refractivity (Wildman–Crippen MR) is 120 cm³/mol. The van der Waals surface area contributed by atoms with Crippen LogP contribution < -0.4 is 19.5 Å². The van der Waals surface area contributed by atoms with Gasteiger partial charge in [0.15, 0.2) is 11.5 Å². The number of methoxy groups -OCH3 is 2. The Balaban J connectivity index is 1.56. The van der Waals surface area contributed by atoms with E-state index in [4.69, 9.17) is 14.2 Å². The van der Waals surface area contributed by atoms with E-state index in [1.54, 1.807) is 25.0 Å². The topological polar surface area (TPSA) is 74.6 Å². The highest BCUT2D eigenvalue weighted by atomic mass is 16.5. The SMILES string of the molecule is COc1ccc(-n2ccc(CNC(=O)C=Cc3ccc(OC(C)C)c(OC)c3)n2)cc1. The van der Waals surface area contributed by atoms with Gasteiger partial charge in [-0.25, -0.2) is 4.68 Å². The Hall–Kier alpha value is -3.74. The summed E-state index contributed by atoms with van der Waals surface area (Å²) in [6.07, 6.45) is 5.12. The van der Waals surface area contributed by atoms with Gasteiger partial charge < -0.3 is 19.5 Å². The van der Waals surface area contributed by atoms with Gasteiger partial charge in [-0.2, -0.15) is 5.10 Å². The first-order valence-electron chi connectivity index (χ1n) is 9.98. The number of benzene rings is 2. The number of amides is 1. The van der Waals surface area contributed by atoms with Crippen LogP contribution in [0.25, 0.3) is 11.8 Å². The molecule has 0 saturated carbocycles. The predicted octanol–water partition coefficient (Wildman–Crippen LogP) is 4.01. The zero-order chi connectivity index (χ0) is 22.2. The molecule has 2 aromatic carbocycles. The van der Waals surface area contributed by atoms with Crippen molar-refractivity contribution in [3.63, 3.8) is 0 Å². The van der Waals surface area contributed by atoms with Crippen LogP contribution in [-0.2, 0) is 11.3 Å². The van der Waals surface area contributed by atoms with Crippen molar-refractivity contribution < 1.29 is 19.0 Å². The van der Waals surface area contributed by atoms with Crippen LogP contribution in [0.15, 0.2) is 60.8 Å². The average Bonchev–Trinajstić information content (AvgIpc) is 3.25. The zero-order valence-corrected chi connectivity index (χ0v) is 18.2. The molecule has 0 saturated heterocycles. The van der Waals surface area contributed by atoms with E-state index in [1.165, 1.54) is 6.08 Å². The first kappa shape index (κ1) is 22.0. The molecule has 7 nitrogen and oxygen atoms in total. The molecule has 1 amide bonds. The third-order valence-electron chi connectivity index (χ3n) is 4.40. The molecule has 1 N–H and O–H groups in total. The van der Waals surface area contributed by atoms with E-state index in [0.717, 1.165) is 22.7 Å². The molecule has 3 aromatic rings. The van der Waals surface area contributed by atoms with Crippen LogP contribution in [0, 0.1) is 0 Å². The van der Waals surface area contributed by atoms with Gasteiger partial charge in [-0.3, -0.25) is 4.79 Å². The Morgan fingerprint density at radius 3 is 2.52 bits per heavy atom. The monoisotopic (exact) mass is 421 g/mol. The van der Waals surface area contributed by atoms with E-state index in [0.29, 0.717) is 18.0 Å². The van der Waals surface area contributed by atoms with E-state index in [-0.39, 0.29) is 12.0 Å². The minimum Gasteiger partial charge on any atom is -0.497 e. The summed E-state index contributed by atoms with van der Waals surface area (Å²) < 4.78 is 18.0. The minimum absolute atomic E-state index is 0.0502. The molecule has 0 fully saturated rings. The Morgan fingerprint density at radius 1 is 1.06 bits per heavy atom. The number of aromatic nitrogens is 2. The molecular weight excluding hydrogens is 394 g/mol.